The van der Waals surface area contributed by atoms with E-state index in [0.29, 0.717) is 11.8 Å². The molecule has 4 heterocycles. The molecule has 1 atom stereocenters. The minimum Gasteiger partial charge on any atom is -0.478 e. The topological polar surface area (TPSA) is 72.2 Å². The summed E-state index contributed by atoms with van der Waals surface area (Å²) in [6.45, 7) is 5.07. The lowest BCUT2D eigenvalue weighted by Gasteiger charge is -2.33. The molecule has 0 saturated carbocycles. The van der Waals surface area contributed by atoms with Crippen LogP contribution in [-0.4, -0.2) is 62.9 Å². The maximum atomic E-state index is 5.40. The Hall–Kier alpha value is -2.22. The van der Waals surface area contributed by atoms with E-state index in [-0.39, 0.29) is 0 Å². The van der Waals surface area contributed by atoms with Crippen LogP contribution in [0.5, 0.6) is 5.88 Å². The molecular formula is C19H29N7O. The van der Waals surface area contributed by atoms with E-state index in [4.69, 9.17) is 4.74 Å². The lowest BCUT2D eigenvalue weighted by Crippen LogP contribution is -2.36. The summed E-state index contributed by atoms with van der Waals surface area (Å²) in [6, 6.07) is 0. The van der Waals surface area contributed by atoms with Gasteiger partial charge in [-0.1, -0.05) is 6.42 Å². The van der Waals surface area contributed by atoms with E-state index in [2.05, 4.69) is 41.6 Å². The van der Waals surface area contributed by atoms with Gasteiger partial charge in [-0.3, -0.25) is 4.90 Å². The first-order valence-electron chi connectivity index (χ1n) is 9.96. The van der Waals surface area contributed by atoms with Crippen molar-refractivity contribution >= 4 is 5.82 Å². The maximum absolute atomic E-state index is 5.40. The van der Waals surface area contributed by atoms with Crippen LogP contribution in [0.15, 0.2) is 12.4 Å². The molecule has 0 amide bonds. The average molecular weight is 371 g/mol. The molecule has 0 unspecified atom stereocenters. The summed E-state index contributed by atoms with van der Waals surface area (Å²) in [5, 5.41) is 9.08. The largest absolute Gasteiger partial charge is 0.478 e. The number of nitrogens with zero attached hydrogens (tertiary/aromatic N) is 7. The summed E-state index contributed by atoms with van der Waals surface area (Å²) < 4.78 is 7.60. The van der Waals surface area contributed by atoms with Crippen LogP contribution in [0.4, 0.5) is 5.82 Å². The third kappa shape index (κ3) is 3.90. The van der Waals surface area contributed by atoms with Gasteiger partial charge in [-0.25, -0.2) is 9.97 Å². The fourth-order valence-electron chi connectivity index (χ4n) is 4.25. The number of hydrogen-bond acceptors (Lipinski definition) is 7. The maximum Gasteiger partial charge on any atom is 0.257 e. The van der Waals surface area contributed by atoms with Gasteiger partial charge in [0.1, 0.15) is 11.6 Å². The smallest absolute Gasteiger partial charge is 0.257 e. The zero-order valence-electron chi connectivity index (χ0n) is 16.3. The molecule has 8 heteroatoms. The van der Waals surface area contributed by atoms with Crippen LogP contribution in [0.3, 0.4) is 0 Å². The van der Waals surface area contributed by atoms with Gasteiger partial charge < -0.3 is 14.2 Å². The van der Waals surface area contributed by atoms with Crippen molar-refractivity contribution in [1.29, 1.82) is 0 Å². The van der Waals surface area contributed by atoms with Crippen molar-refractivity contribution in [2.24, 2.45) is 7.05 Å². The molecule has 0 radical (unpaired) electrons. The number of hydrogen-bond donors (Lipinski definition) is 0. The Kier molecular flexibility index (Phi) is 5.52. The van der Waals surface area contributed by atoms with Crippen molar-refractivity contribution in [1.82, 2.24) is 29.6 Å². The number of methoxy groups -OCH3 is 1. The van der Waals surface area contributed by atoms with E-state index in [1.54, 1.807) is 19.5 Å². The molecule has 0 bridgehead atoms. The molecule has 2 aliphatic rings. The zero-order chi connectivity index (χ0) is 18.6. The second-order valence-electron chi connectivity index (χ2n) is 7.54. The lowest BCUT2D eigenvalue weighted by atomic mass is 9.97. The molecule has 27 heavy (non-hydrogen) atoms. The highest BCUT2D eigenvalue weighted by atomic mass is 16.5. The summed E-state index contributed by atoms with van der Waals surface area (Å²) in [4.78, 5) is 13.5. The molecule has 0 N–H and O–H groups in total. The van der Waals surface area contributed by atoms with Crippen molar-refractivity contribution < 1.29 is 4.74 Å². The SMILES string of the molecule is COc1nccnc1N1CCC[C@H](c2nnc(CN3CCCCC3)n2C)C1. The monoisotopic (exact) mass is 371 g/mol. The molecular weight excluding hydrogens is 342 g/mol. The molecule has 2 aromatic rings. The molecule has 2 fully saturated rings. The van der Waals surface area contributed by atoms with Crippen LogP contribution in [0, 0.1) is 0 Å². The Labute approximate surface area is 160 Å². The molecule has 0 aromatic carbocycles. The quantitative estimate of drug-likeness (QED) is 0.796. The van der Waals surface area contributed by atoms with Gasteiger partial charge >= 0.3 is 0 Å². The Morgan fingerprint density at radius 3 is 2.67 bits per heavy atom. The van der Waals surface area contributed by atoms with Gasteiger partial charge in [0, 0.05) is 38.4 Å². The first-order chi connectivity index (χ1) is 13.3. The molecule has 8 nitrogen and oxygen atoms in total. The van der Waals surface area contributed by atoms with Crippen molar-refractivity contribution in [2.75, 3.05) is 38.2 Å². The summed E-state index contributed by atoms with van der Waals surface area (Å²) in [5.41, 5.74) is 0. The Bertz CT molecular complexity index is 756. The van der Waals surface area contributed by atoms with Gasteiger partial charge in [0.25, 0.3) is 5.88 Å². The van der Waals surface area contributed by atoms with E-state index in [1.807, 2.05) is 0 Å². The van der Waals surface area contributed by atoms with Crippen molar-refractivity contribution in [2.45, 2.75) is 44.6 Å². The summed E-state index contributed by atoms with van der Waals surface area (Å²) in [5.74, 6) is 3.90. The molecule has 0 aliphatic carbocycles. The number of aromatic nitrogens is 5. The van der Waals surface area contributed by atoms with Crippen LogP contribution >= 0.6 is 0 Å². The lowest BCUT2D eigenvalue weighted by molar-refractivity contribution is 0.213. The van der Waals surface area contributed by atoms with Crippen LogP contribution in [0.1, 0.15) is 49.7 Å². The van der Waals surface area contributed by atoms with Crippen LogP contribution < -0.4 is 9.64 Å². The highest BCUT2D eigenvalue weighted by Crippen LogP contribution is 2.31. The predicted molar refractivity (Wildman–Crippen MR) is 103 cm³/mol. The Morgan fingerprint density at radius 1 is 1.04 bits per heavy atom. The average Bonchev–Trinajstić information content (AvgIpc) is 3.09. The highest BCUT2D eigenvalue weighted by Gasteiger charge is 2.28. The number of likely N-dealkylation sites (tertiary alicyclic amines) is 1. The highest BCUT2D eigenvalue weighted by molar-refractivity contribution is 5.48. The summed E-state index contributed by atoms with van der Waals surface area (Å²) in [6.07, 6.45) is 9.54. The Morgan fingerprint density at radius 2 is 1.85 bits per heavy atom. The number of ether oxygens (including phenoxy) is 1. The fourth-order valence-corrected chi connectivity index (χ4v) is 4.25. The fraction of sp³-hybridized carbons (Fsp3) is 0.684. The predicted octanol–water partition coefficient (Wildman–Crippen LogP) is 1.98. The van der Waals surface area contributed by atoms with Crippen molar-refractivity contribution in [3.63, 3.8) is 0 Å². The second-order valence-corrected chi connectivity index (χ2v) is 7.54. The number of anilines is 1. The molecule has 146 valence electrons. The van der Waals surface area contributed by atoms with Gasteiger partial charge in [-0.15, -0.1) is 10.2 Å². The van der Waals surface area contributed by atoms with Gasteiger partial charge in [0.05, 0.1) is 13.7 Å². The molecule has 2 aliphatic heterocycles. The van der Waals surface area contributed by atoms with E-state index in [1.165, 1.54) is 32.4 Å². The third-order valence-corrected chi connectivity index (χ3v) is 5.74. The van der Waals surface area contributed by atoms with Crippen LogP contribution in [-0.2, 0) is 13.6 Å². The molecule has 4 rings (SSSR count). The van der Waals surface area contributed by atoms with Crippen LogP contribution in [0.2, 0.25) is 0 Å². The van der Waals surface area contributed by atoms with Gasteiger partial charge in [0.15, 0.2) is 5.82 Å². The number of rotatable bonds is 5. The second kappa shape index (κ2) is 8.21. The summed E-state index contributed by atoms with van der Waals surface area (Å²) >= 11 is 0. The van der Waals surface area contributed by atoms with E-state index in [0.717, 1.165) is 49.9 Å². The van der Waals surface area contributed by atoms with Crippen LogP contribution in [0.25, 0.3) is 0 Å². The van der Waals surface area contributed by atoms with E-state index in [9.17, 15) is 0 Å². The molecule has 2 aromatic heterocycles. The van der Waals surface area contributed by atoms with Gasteiger partial charge in [0.2, 0.25) is 0 Å². The minimum absolute atomic E-state index is 0.345. The third-order valence-electron chi connectivity index (χ3n) is 5.74. The standard InChI is InChI=1S/C19H29N7O/c1-24-16(14-25-10-4-3-5-11-25)22-23-17(24)15-7-6-12-26(13-15)18-19(27-2)21-9-8-20-18/h8-9,15H,3-7,10-14H2,1-2H3/t15-/m0/s1. The van der Waals surface area contributed by atoms with Gasteiger partial charge in [-0.2, -0.15) is 0 Å². The first kappa shape index (κ1) is 18.2. The van der Waals surface area contributed by atoms with E-state index >= 15 is 0 Å². The summed E-state index contributed by atoms with van der Waals surface area (Å²) in [7, 11) is 3.75. The number of piperidine rings is 2. The van der Waals surface area contributed by atoms with Gasteiger partial charge in [-0.05, 0) is 38.8 Å². The zero-order valence-corrected chi connectivity index (χ0v) is 16.3. The molecule has 2 saturated heterocycles. The first-order valence-corrected chi connectivity index (χ1v) is 9.96. The Balaban J connectivity index is 1.48. The van der Waals surface area contributed by atoms with E-state index < -0.39 is 0 Å². The molecule has 0 spiro atoms. The normalized spacial score (nSPS) is 21.4. The minimum atomic E-state index is 0.345. The van der Waals surface area contributed by atoms with Crippen molar-refractivity contribution in [3.8, 4) is 5.88 Å². The van der Waals surface area contributed by atoms with Crippen molar-refractivity contribution in [3.05, 3.63) is 24.0 Å².